The second kappa shape index (κ2) is 5.26. The summed E-state index contributed by atoms with van der Waals surface area (Å²) < 4.78 is 0. The zero-order chi connectivity index (χ0) is 14.1. The van der Waals surface area contributed by atoms with Gasteiger partial charge in [-0.1, -0.05) is 44.5 Å². The van der Waals surface area contributed by atoms with Crippen LogP contribution >= 0.6 is 11.6 Å². The lowest BCUT2D eigenvalue weighted by molar-refractivity contribution is -0.133. The third-order valence-corrected chi connectivity index (χ3v) is 4.22. The Balaban J connectivity index is 2.45. The normalized spacial score (nSPS) is 19.2. The van der Waals surface area contributed by atoms with Crippen molar-refractivity contribution in [3.05, 3.63) is 34.9 Å². The van der Waals surface area contributed by atoms with Gasteiger partial charge < -0.3 is 5.32 Å². The molecule has 104 valence electrons. The van der Waals surface area contributed by atoms with E-state index in [0.29, 0.717) is 5.78 Å². The van der Waals surface area contributed by atoms with Gasteiger partial charge in [-0.25, -0.2) is 0 Å². The first kappa shape index (κ1) is 14.5. The molecule has 3 heteroatoms. The number of carbonyl (C=O) groups is 1. The predicted molar refractivity (Wildman–Crippen MR) is 79.7 cm³/mol. The minimum absolute atomic E-state index is 0.322. The van der Waals surface area contributed by atoms with Crippen LogP contribution in [0.1, 0.15) is 39.2 Å². The highest BCUT2D eigenvalue weighted by molar-refractivity contribution is 6.30. The number of Topliss-reactive ketones (excluding diaryl/α,β-unsaturated/α-hetero) is 1. The fourth-order valence-corrected chi connectivity index (χ4v) is 3.11. The minimum atomic E-state index is -0.353. The lowest BCUT2D eigenvalue weighted by Gasteiger charge is -2.40. The van der Waals surface area contributed by atoms with E-state index in [0.717, 1.165) is 36.5 Å². The SMILES string of the molecule is CC(C)(C)C(=O)C1(c2ccc(Cl)cc2)CCNCC1. The maximum Gasteiger partial charge on any atom is 0.148 e. The summed E-state index contributed by atoms with van der Waals surface area (Å²) in [6.45, 7) is 7.81. The molecule has 1 N–H and O–H groups in total. The molecule has 0 radical (unpaired) electrons. The Hall–Kier alpha value is -0.860. The molecule has 1 saturated heterocycles. The second-order valence-electron chi connectivity index (χ2n) is 6.42. The zero-order valence-electron chi connectivity index (χ0n) is 11.9. The van der Waals surface area contributed by atoms with Gasteiger partial charge in [0.1, 0.15) is 5.78 Å². The summed E-state index contributed by atoms with van der Waals surface area (Å²) in [5, 5.41) is 4.07. The summed E-state index contributed by atoms with van der Waals surface area (Å²) in [5.74, 6) is 0.337. The third kappa shape index (κ3) is 2.85. The van der Waals surface area contributed by atoms with Gasteiger partial charge in [0.05, 0.1) is 5.41 Å². The molecule has 1 aliphatic rings. The van der Waals surface area contributed by atoms with Gasteiger partial charge in [0, 0.05) is 10.4 Å². The van der Waals surface area contributed by atoms with Crippen LogP contribution in [0.4, 0.5) is 0 Å². The summed E-state index contributed by atoms with van der Waals surface area (Å²) in [6.07, 6.45) is 1.73. The van der Waals surface area contributed by atoms with E-state index in [1.165, 1.54) is 0 Å². The molecule has 1 fully saturated rings. The summed E-state index contributed by atoms with van der Waals surface area (Å²) in [5.41, 5.74) is 0.434. The van der Waals surface area contributed by atoms with Crippen LogP contribution in [-0.2, 0) is 10.2 Å². The standard InChI is InChI=1S/C16H22ClNO/c1-15(2,3)14(19)16(8-10-18-11-9-16)12-4-6-13(17)7-5-12/h4-7,18H,8-11H2,1-3H3. The van der Waals surface area contributed by atoms with Crippen molar-refractivity contribution in [2.75, 3.05) is 13.1 Å². The number of benzene rings is 1. The first-order valence-corrected chi connectivity index (χ1v) is 7.26. The lowest BCUT2D eigenvalue weighted by atomic mass is 9.64. The van der Waals surface area contributed by atoms with E-state index in [1.807, 2.05) is 45.0 Å². The van der Waals surface area contributed by atoms with Gasteiger partial charge >= 0.3 is 0 Å². The molecule has 1 aliphatic heterocycles. The van der Waals surface area contributed by atoms with Crippen LogP contribution in [0.3, 0.4) is 0 Å². The number of rotatable bonds is 2. The molecular weight excluding hydrogens is 258 g/mol. The van der Waals surface area contributed by atoms with Gasteiger partial charge in [0.15, 0.2) is 0 Å². The third-order valence-electron chi connectivity index (χ3n) is 3.97. The maximum absolute atomic E-state index is 13.0. The Bertz CT molecular complexity index is 453. The van der Waals surface area contributed by atoms with E-state index in [9.17, 15) is 4.79 Å². The van der Waals surface area contributed by atoms with Crippen LogP contribution in [0, 0.1) is 5.41 Å². The van der Waals surface area contributed by atoms with Crippen LogP contribution in [-0.4, -0.2) is 18.9 Å². The molecule has 0 bridgehead atoms. The maximum atomic E-state index is 13.0. The molecule has 1 heterocycles. The zero-order valence-corrected chi connectivity index (χ0v) is 12.7. The number of carbonyl (C=O) groups excluding carboxylic acids is 1. The van der Waals surface area contributed by atoms with Crippen molar-refractivity contribution in [2.45, 2.75) is 39.0 Å². The average molecular weight is 280 g/mol. The van der Waals surface area contributed by atoms with Gasteiger partial charge in [0.25, 0.3) is 0 Å². The fourth-order valence-electron chi connectivity index (χ4n) is 2.99. The fraction of sp³-hybridized carbons (Fsp3) is 0.562. The molecule has 0 atom stereocenters. The summed E-state index contributed by atoms with van der Waals surface area (Å²) in [7, 11) is 0. The smallest absolute Gasteiger partial charge is 0.148 e. The average Bonchev–Trinajstić information content (AvgIpc) is 2.38. The minimum Gasteiger partial charge on any atom is -0.317 e. The molecule has 2 rings (SSSR count). The highest BCUT2D eigenvalue weighted by atomic mass is 35.5. The second-order valence-corrected chi connectivity index (χ2v) is 6.85. The van der Waals surface area contributed by atoms with E-state index >= 15 is 0 Å². The van der Waals surface area contributed by atoms with Gasteiger partial charge in [-0.15, -0.1) is 0 Å². The molecule has 0 unspecified atom stereocenters. The van der Waals surface area contributed by atoms with Crippen molar-refractivity contribution in [3.63, 3.8) is 0 Å². The quantitative estimate of drug-likeness (QED) is 0.897. The number of piperidine rings is 1. The molecule has 1 aromatic rings. The Labute approximate surface area is 120 Å². The van der Waals surface area contributed by atoms with Crippen molar-refractivity contribution < 1.29 is 4.79 Å². The van der Waals surface area contributed by atoms with Gasteiger partial charge in [0.2, 0.25) is 0 Å². The van der Waals surface area contributed by atoms with E-state index < -0.39 is 0 Å². The van der Waals surface area contributed by atoms with Crippen molar-refractivity contribution >= 4 is 17.4 Å². The molecule has 0 aromatic heterocycles. The molecule has 0 aliphatic carbocycles. The van der Waals surface area contributed by atoms with Gasteiger partial charge in [-0.3, -0.25) is 4.79 Å². The van der Waals surface area contributed by atoms with E-state index in [-0.39, 0.29) is 10.8 Å². The first-order valence-electron chi connectivity index (χ1n) is 6.88. The first-order chi connectivity index (χ1) is 8.86. The number of halogens is 1. The molecule has 19 heavy (non-hydrogen) atoms. The van der Waals surface area contributed by atoms with Gasteiger partial charge in [-0.2, -0.15) is 0 Å². The van der Waals surface area contributed by atoms with Crippen molar-refractivity contribution in [1.29, 1.82) is 0 Å². The summed E-state index contributed by atoms with van der Waals surface area (Å²) in [6, 6.07) is 7.79. The molecule has 2 nitrogen and oxygen atoms in total. The van der Waals surface area contributed by atoms with Crippen molar-refractivity contribution in [3.8, 4) is 0 Å². The molecule has 0 saturated carbocycles. The van der Waals surface area contributed by atoms with E-state index in [4.69, 9.17) is 11.6 Å². The van der Waals surface area contributed by atoms with E-state index in [2.05, 4.69) is 5.32 Å². The Morgan fingerprint density at radius 2 is 1.68 bits per heavy atom. The molecular formula is C16H22ClNO. The number of ketones is 1. The number of nitrogens with one attached hydrogen (secondary N) is 1. The topological polar surface area (TPSA) is 29.1 Å². The molecule has 1 aromatic carbocycles. The largest absolute Gasteiger partial charge is 0.317 e. The van der Waals surface area contributed by atoms with Crippen molar-refractivity contribution in [1.82, 2.24) is 5.32 Å². The van der Waals surface area contributed by atoms with Gasteiger partial charge in [-0.05, 0) is 43.6 Å². The Morgan fingerprint density at radius 3 is 2.16 bits per heavy atom. The van der Waals surface area contributed by atoms with E-state index in [1.54, 1.807) is 0 Å². The van der Waals surface area contributed by atoms with Crippen LogP contribution in [0.25, 0.3) is 0 Å². The predicted octanol–water partition coefficient (Wildman–Crippen LogP) is 3.58. The summed E-state index contributed by atoms with van der Waals surface area (Å²) in [4.78, 5) is 13.0. The van der Waals surface area contributed by atoms with Crippen LogP contribution in [0.5, 0.6) is 0 Å². The molecule has 0 amide bonds. The van der Waals surface area contributed by atoms with Crippen molar-refractivity contribution in [2.24, 2.45) is 5.41 Å². The Morgan fingerprint density at radius 1 is 1.16 bits per heavy atom. The number of hydrogen-bond donors (Lipinski definition) is 1. The lowest BCUT2D eigenvalue weighted by Crippen LogP contribution is -2.49. The highest BCUT2D eigenvalue weighted by Crippen LogP contribution is 2.40. The highest BCUT2D eigenvalue weighted by Gasteiger charge is 2.45. The van der Waals surface area contributed by atoms with Crippen LogP contribution in [0.2, 0.25) is 5.02 Å². The summed E-state index contributed by atoms with van der Waals surface area (Å²) >= 11 is 5.97. The Kier molecular flexibility index (Phi) is 4.03. The monoisotopic (exact) mass is 279 g/mol. The number of hydrogen-bond acceptors (Lipinski definition) is 2. The molecule has 0 spiro atoms. The van der Waals surface area contributed by atoms with Crippen LogP contribution < -0.4 is 5.32 Å². The van der Waals surface area contributed by atoms with Crippen LogP contribution in [0.15, 0.2) is 24.3 Å².